The molecule has 0 bridgehead atoms. The number of anilines is 1. The number of rotatable bonds is 4. The van der Waals surface area contributed by atoms with Crippen LogP contribution in [0.25, 0.3) is 0 Å². The normalized spacial score (nSPS) is 18.7. The number of carbonyl (C=O) groups is 1. The Balaban J connectivity index is 2.09. The predicted molar refractivity (Wildman–Crippen MR) is 132 cm³/mol. The summed E-state index contributed by atoms with van der Waals surface area (Å²) in [6.07, 6.45) is 2.92. The molecule has 0 aliphatic carbocycles. The lowest BCUT2D eigenvalue weighted by molar-refractivity contribution is -0.114. The second-order valence-corrected chi connectivity index (χ2v) is 10.2. The zero-order valence-electron chi connectivity index (χ0n) is 16.4. The summed E-state index contributed by atoms with van der Waals surface area (Å²) in [7, 11) is 0. The molecule has 8 heteroatoms. The Kier molecular flexibility index (Phi) is 6.86. The molecule has 0 radical (unpaired) electrons. The monoisotopic (exact) mass is 619 g/mol. The van der Waals surface area contributed by atoms with E-state index in [1.54, 1.807) is 0 Å². The second kappa shape index (κ2) is 8.86. The molecule has 1 atom stereocenters. The minimum atomic E-state index is -0.835. The number of amides is 1. The van der Waals surface area contributed by atoms with E-state index >= 15 is 0 Å². The average Bonchev–Trinajstić information content (AvgIpc) is 2.99. The van der Waals surface area contributed by atoms with Crippen LogP contribution < -0.4 is 5.01 Å². The topological polar surface area (TPSA) is 76.4 Å². The van der Waals surface area contributed by atoms with E-state index in [0.29, 0.717) is 5.57 Å². The molecule has 2 heterocycles. The summed E-state index contributed by atoms with van der Waals surface area (Å²) in [6, 6.07) is 9.42. The Hall–Kier alpha value is -1.24. The third kappa shape index (κ3) is 4.75. The van der Waals surface area contributed by atoms with Crippen LogP contribution >= 0.6 is 45.2 Å². The molecule has 154 valence electrons. The molecule has 0 fully saturated rings. The third-order valence-corrected chi connectivity index (χ3v) is 6.11. The summed E-state index contributed by atoms with van der Waals surface area (Å²) in [6.45, 7) is 6.13. The summed E-state index contributed by atoms with van der Waals surface area (Å²) in [4.78, 5) is 15.3. The fourth-order valence-electron chi connectivity index (χ4n) is 3.11. The molecule has 0 aromatic heterocycles. The van der Waals surface area contributed by atoms with E-state index in [0.717, 1.165) is 24.1 Å². The van der Waals surface area contributed by atoms with Gasteiger partial charge < -0.3 is 15.1 Å². The quantitative estimate of drug-likeness (QED) is 0.396. The number of para-hydroxylation sites is 1. The van der Waals surface area contributed by atoms with Crippen molar-refractivity contribution in [3.8, 4) is 0 Å². The lowest BCUT2D eigenvalue weighted by Crippen LogP contribution is -2.30. The van der Waals surface area contributed by atoms with E-state index in [9.17, 15) is 9.90 Å². The maximum absolute atomic E-state index is 13.5. The first-order valence-corrected chi connectivity index (χ1v) is 11.3. The minimum absolute atomic E-state index is 0.148. The van der Waals surface area contributed by atoms with Crippen LogP contribution in [0, 0.1) is 5.41 Å². The Bertz CT molecular complexity index is 908. The van der Waals surface area contributed by atoms with Gasteiger partial charge in [0.25, 0.3) is 5.91 Å². The smallest absolute Gasteiger partial charge is 0.281 e. The number of benzene rings is 1. The molecule has 0 spiro atoms. The SMILES string of the molecule is CC(C)(C)C1=NN(c2ccccc2)C(=O)C1=C1C(I)=CN(CC(O)CO)C=C1I. The van der Waals surface area contributed by atoms with E-state index in [2.05, 4.69) is 45.2 Å². The molecule has 0 saturated carbocycles. The van der Waals surface area contributed by atoms with E-state index in [-0.39, 0.29) is 24.5 Å². The molecule has 3 rings (SSSR count). The van der Waals surface area contributed by atoms with Crippen molar-refractivity contribution < 1.29 is 15.0 Å². The predicted octanol–water partition coefficient (Wildman–Crippen LogP) is 3.95. The first kappa shape index (κ1) is 22.4. The maximum Gasteiger partial charge on any atom is 0.281 e. The van der Waals surface area contributed by atoms with Crippen LogP contribution in [-0.2, 0) is 4.79 Å². The van der Waals surface area contributed by atoms with Crippen LogP contribution in [-0.4, -0.2) is 46.0 Å². The second-order valence-electron chi connectivity index (χ2n) is 7.89. The molecule has 0 saturated heterocycles. The number of allylic oxidation sites excluding steroid dienone is 3. The van der Waals surface area contributed by atoms with Crippen molar-refractivity contribution in [3.05, 3.63) is 61.0 Å². The van der Waals surface area contributed by atoms with Gasteiger partial charge in [0.2, 0.25) is 0 Å². The lowest BCUT2D eigenvalue weighted by atomic mass is 9.83. The molecule has 2 N–H and O–H groups in total. The molecular formula is C21H23I2N3O3. The van der Waals surface area contributed by atoms with Crippen LogP contribution in [0.4, 0.5) is 5.69 Å². The molecule has 1 amide bonds. The van der Waals surface area contributed by atoms with E-state index in [1.165, 1.54) is 5.01 Å². The summed E-state index contributed by atoms with van der Waals surface area (Å²) in [5.74, 6) is -0.148. The van der Waals surface area contributed by atoms with Crippen LogP contribution in [0.5, 0.6) is 0 Å². The fraction of sp³-hybridized carbons (Fsp3) is 0.333. The zero-order valence-corrected chi connectivity index (χ0v) is 20.7. The lowest BCUT2D eigenvalue weighted by Gasteiger charge is -2.27. The van der Waals surface area contributed by atoms with Crippen LogP contribution in [0.2, 0.25) is 0 Å². The number of β-amino-alcohol motifs (C(OH)–C–C–N with tert-alkyl or cyclic N) is 1. The highest BCUT2D eigenvalue weighted by atomic mass is 127. The zero-order chi connectivity index (χ0) is 21.3. The number of nitrogens with zero attached hydrogens (tertiary/aromatic N) is 3. The van der Waals surface area contributed by atoms with Crippen molar-refractivity contribution in [1.29, 1.82) is 0 Å². The van der Waals surface area contributed by atoms with E-state index in [1.807, 2.05) is 68.4 Å². The highest BCUT2D eigenvalue weighted by Gasteiger charge is 2.40. The number of aliphatic hydroxyl groups is 2. The largest absolute Gasteiger partial charge is 0.394 e. The van der Waals surface area contributed by atoms with Crippen molar-refractivity contribution in [2.24, 2.45) is 10.5 Å². The van der Waals surface area contributed by atoms with Gasteiger partial charge in [-0.05, 0) is 57.3 Å². The Morgan fingerprint density at radius 3 is 2.17 bits per heavy atom. The van der Waals surface area contributed by atoms with Gasteiger partial charge in [-0.1, -0.05) is 39.0 Å². The number of hydrogen-bond acceptors (Lipinski definition) is 5. The van der Waals surface area contributed by atoms with Gasteiger partial charge in [-0.2, -0.15) is 10.1 Å². The van der Waals surface area contributed by atoms with Gasteiger partial charge in [0.15, 0.2) is 0 Å². The molecule has 29 heavy (non-hydrogen) atoms. The minimum Gasteiger partial charge on any atom is -0.394 e. The van der Waals surface area contributed by atoms with Crippen molar-refractivity contribution in [2.45, 2.75) is 26.9 Å². The summed E-state index contributed by atoms with van der Waals surface area (Å²) in [5.41, 5.74) is 2.61. The number of hydrazone groups is 1. The van der Waals surface area contributed by atoms with Crippen molar-refractivity contribution in [3.63, 3.8) is 0 Å². The third-order valence-electron chi connectivity index (χ3n) is 4.47. The molecule has 2 aliphatic heterocycles. The fourth-order valence-corrected chi connectivity index (χ4v) is 5.47. The molecule has 1 aromatic carbocycles. The maximum atomic E-state index is 13.5. The van der Waals surface area contributed by atoms with Crippen molar-refractivity contribution in [2.75, 3.05) is 18.2 Å². The molecule has 6 nitrogen and oxygen atoms in total. The highest BCUT2D eigenvalue weighted by Crippen LogP contribution is 2.42. The van der Waals surface area contributed by atoms with Gasteiger partial charge in [-0.25, -0.2) is 0 Å². The van der Waals surface area contributed by atoms with Gasteiger partial charge >= 0.3 is 0 Å². The number of hydrogen-bond donors (Lipinski definition) is 2. The average molecular weight is 619 g/mol. The first-order valence-electron chi connectivity index (χ1n) is 9.16. The van der Waals surface area contributed by atoms with E-state index < -0.39 is 6.10 Å². The Morgan fingerprint density at radius 1 is 1.07 bits per heavy atom. The van der Waals surface area contributed by atoms with E-state index in [4.69, 9.17) is 10.2 Å². The van der Waals surface area contributed by atoms with Crippen molar-refractivity contribution >= 4 is 62.5 Å². The van der Waals surface area contributed by atoms with Gasteiger partial charge in [-0.15, -0.1) is 0 Å². The van der Waals surface area contributed by atoms with Crippen LogP contribution in [0.1, 0.15) is 20.8 Å². The molecule has 1 aromatic rings. The Labute approximate surface area is 197 Å². The van der Waals surface area contributed by atoms with Crippen LogP contribution in [0.15, 0.2) is 66.1 Å². The van der Waals surface area contributed by atoms with Gasteiger partial charge in [-0.3, -0.25) is 4.79 Å². The summed E-state index contributed by atoms with van der Waals surface area (Å²) in [5, 5.41) is 25.1. The molecular weight excluding hydrogens is 596 g/mol. The van der Waals surface area contributed by atoms with Gasteiger partial charge in [0, 0.05) is 30.5 Å². The summed E-state index contributed by atoms with van der Waals surface area (Å²) >= 11 is 4.43. The van der Waals surface area contributed by atoms with Crippen molar-refractivity contribution in [1.82, 2.24) is 4.90 Å². The molecule has 2 aliphatic rings. The van der Waals surface area contributed by atoms with Gasteiger partial charge in [0.1, 0.15) is 0 Å². The highest BCUT2D eigenvalue weighted by molar-refractivity contribution is 14.1. The molecule has 1 unspecified atom stereocenters. The number of aliphatic hydroxyl groups excluding tert-OH is 2. The first-order chi connectivity index (χ1) is 13.6. The van der Waals surface area contributed by atoms with Gasteiger partial charge in [0.05, 0.1) is 36.2 Å². The summed E-state index contributed by atoms with van der Waals surface area (Å²) < 4.78 is 1.77. The Morgan fingerprint density at radius 2 is 1.66 bits per heavy atom. The van der Waals surface area contributed by atoms with Crippen LogP contribution in [0.3, 0.4) is 0 Å². The number of carbonyl (C=O) groups excluding carboxylic acids is 1. The standard InChI is InChI=1S/C21H23I2N3O3/c1-21(2,3)19-18(20(29)26(24-19)13-7-5-4-6-8-13)17-15(22)10-25(11-16(17)23)9-14(28)12-27/h4-8,10-11,14,27-28H,9,12H2,1-3H3. The number of halogens is 2.